The molecule has 2 saturated carbocycles. The first-order chi connectivity index (χ1) is 8.74. The smallest absolute Gasteiger partial charge is 0.129 e. The van der Waals surface area contributed by atoms with E-state index in [-0.39, 0.29) is 0 Å². The molecule has 18 heavy (non-hydrogen) atoms. The number of nitrogens with one attached hydrogen (secondary N) is 1. The molecule has 3 nitrogen and oxygen atoms in total. The Morgan fingerprint density at radius 3 is 2.39 bits per heavy atom. The average Bonchev–Trinajstić information content (AvgIpc) is 3.23. The Labute approximate surface area is 109 Å². The molecule has 0 aromatic carbocycles. The van der Waals surface area contributed by atoms with Crippen LogP contribution in [0.25, 0.3) is 0 Å². The fraction of sp³-hybridized carbons (Fsp3) is 0.733. The fourth-order valence-electron chi connectivity index (χ4n) is 2.77. The van der Waals surface area contributed by atoms with Gasteiger partial charge in [-0.15, -0.1) is 0 Å². The quantitative estimate of drug-likeness (QED) is 0.834. The molecule has 1 aromatic heterocycles. The van der Waals surface area contributed by atoms with E-state index in [2.05, 4.69) is 35.2 Å². The molecule has 1 aromatic rings. The van der Waals surface area contributed by atoms with Crippen LogP contribution in [0.2, 0.25) is 0 Å². The van der Waals surface area contributed by atoms with E-state index < -0.39 is 0 Å². The van der Waals surface area contributed by atoms with E-state index in [1.54, 1.807) is 6.33 Å². The maximum atomic E-state index is 4.33. The maximum absolute atomic E-state index is 4.33. The lowest BCUT2D eigenvalue weighted by atomic mass is 9.98. The SMILES string of the molecule is CC(C)c1cc(NCC(C2CC2)C2CC2)ncn1. The Morgan fingerprint density at radius 1 is 1.17 bits per heavy atom. The summed E-state index contributed by atoms with van der Waals surface area (Å²) in [6, 6.07) is 2.10. The van der Waals surface area contributed by atoms with Gasteiger partial charge in [0.2, 0.25) is 0 Å². The molecule has 0 spiro atoms. The van der Waals surface area contributed by atoms with Crippen molar-refractivity contribution in [1.29, 1.82) is 0 Å². The van der Waals surface area contributed by atoms with Gasteiger partial charge in [0.05, 0.1) is 0 Å². The number of anilines is 1. The van der Waals surface area contributed by atoms with Crippen LogP contribution in [0.3, 0.4) is 0 Å². The van der Waals surface area contributed by atoms with Gasteiger partial charge >= 0.3 is 0 Å². The third kappa shape index (κ3) is 2.82. The zero-order valence-corrected chi connectivity index (χ0v) is 11.4. The fourth-order valence-corrected chi connectivity index (χ4v) is 2.77. The summed E-state index contributed by atoms with van der Waals surface area (Å²) in [4.78, 5) is 8.64. The molecule has 0 aliphatic heterocycles. The molecule has 98 valence electrons. The summed E-state index contributed by atoms with van der Waals surface area (Å²) < 4.78 is 0. The molecule has 2 fully saturated rings. The predicted octanol–water partition coefficient (Wildman–Crippen LogP) is 3.45. The van der Waals surface area contributed by atoms with Crippen LogP contribution in [0.4, 0.5) is 5.82 Å². The molecule has 2 aliphatic carbocycles. The van der Waals surface area contributed by atoms with E-state index in [0.717, 1.165) is 35.8 Å². The molecular formula is C15H23N3. The van der Waals surface area contributed by atoms with Crippen molar-refractivity contribution in [1.82, 2.24) is 9.97 Å². The number of hydrogen-bond acceptors (Lipinski definition) is 3. The minimum Gasteiger partial charge on any atom is -0.370 e. The van der Waals surface area contributed by atoms with Gasteiger partial charge in [0.25, 0.3) is 0 Å². The molecule has 1 N–H and O–H groups in total. The van der Waals surface area contributed by atoms with E-state index in [4.69, 9.17) is 0 Å². The summed E-state index contributed by atoms with van der Waals surface area (Å²) in [5.74, 6) is 4.35. The average molecular weight is 245 g/mol. The van der Waals surface area contributed by atoms with Gasteiger partial charge in [0.1, 0.15) is 12.1 Å². The van der Waals surface area contributed by atoms with E-state index in [1.807, 2.05) is 0 Å². The molecule has 0 unspecified atom stereocenters. The molecule has 0 radical (unpaired) electrons. The first-order valence-electron chi connectivity index (χ1n) is 7.30. The highest BCUT2D eigenvalue weighted by atomic mass is 15.0. The second kappa shape index (κ2) is 4.87. The van der Waals surface area contributed by atoms with E-state index in [0.29, 0.717) is 5.92 Å². The second-order valence-electron chi connectivity index (χ2n) is 6.20. The zero-order valence-electron chi connectivity index (χ0n) is 11.4. The van der Waals surface area contributed by atoms with Gasteiger partial charge in [0, 0.05) is 18.3 Å². The second-order valence-corrected chi connectivity index (χ2v) is 6.20. The Bertz CT molecular complexity index is 396. The summed E-state index contributed by atoms with van der Waals surface area (Å²) >= 11 is 0. The van der Waals surface area contributed by atoms with Gasteiger partial charge in [-0.3, -0.25) is 0 Å². The zero-order chi connectivity index (χ0) is 12.5. The van der Waals surface area contributed by atoms with E-state index >= 15 is 0 Å². The summed E-state index contributed by atoms with van der Waals surface area (Å²) in [6.45, 7) is 5.44. The maximum Gasteiger partial charge on any atom is 0.129 e. The lowest BCUT2D eigenvalue weighted by molar-refractivity contribution is 0.427. The summed E-state index contributed by atoms with van der Waals surface area (Å²) in [5.41, 5.74) is 1.13. The van der Waals surface area contributed by atoms with Crippen LogP contribution in [0, 0.1) is 17.8 Å². The van der Waals surface area contributed by atoms with Gasteiger partial charge in [-0.1, -0.05) is 13.8 Å². The molecule has 0 atom stereocenters. The Kier molecular flexibility index (Phi) is 3.23. The molecule has 0 bridgehead atoms. The summed E-state index contributed by atoms with van der Waals surface area (Å²) in [6.07, 6.45) is 7.47. The van der Waals surface area contributed by atoms with Gasteiger partial charge in [-0.05, 0) is 49.4 Å². The molecule has 0 amide bonds. The van der Waals surface area contributed by atoms with Crippen molar-refractivity contribution in [3.63, 3.8) is 0 Å². The highest BCUT2D eigenvalue weighted by molar-refractivity contribution is 5.35. The number of aromatic nitrogens is 2. The first-order valence-corrected chi connectivity index (χ1v) is 7.30. The Hall–Kier alpha value is -1.12. The van der Waals surface area contributed by atoms with Crippen LogP contribution < -0.4 is 5.32 Å². The van der Waals surface area contributed by atoms with Gasteiger partial charge < -0.3 is 5.32 Å². The van der Waals surface area contributed by atoms with E-state index in [9.17, 15) is 0 Å². The van der Waals surface area contributed by atoms with Crippen LogP contribution in [0.1, 0.15) is 51.1 Å². The minimum absolute atomic E-state index is 0.469. The van der Waals surface area contributed by atoms with Crippen molar-refractivity contribution in [2.75, 3.05) is 11.9 Å². The molecular weight excluding hydrogens is 222 g/mol. The van der Waals surface area contributed by atoms with Gasteiger partial charge in [0.15, 0.2) is 0 Å². The highest BCUT2D eigenvalue weighted by Gasteiger charge is 2.41. The Morgan fingerprint density at radius 2 is 1.83 bits per heavy atom. The normalized spacial score (nSPS) is 19.6. The summed E-state index contributed by atoms with van der Waals surface area (Å²) in [7, 11) is 0. The molecule has 3 rings (SSSR count). The van der Waals surface area contributed by atoms with Gasteiger partial charge in [-0.2, -0.15) is 0 Å². The van der Waals surface area contributed by atoms with Crippen molar-refractivity contribution >= 4 is 5.82 Å². The molecule has 3 heteroatoms. The topological polar surface area (TPSA) is 37.8 Å². The van der Waals surface area contributed by atoms with Crippen LogP contribution >= 0.6 is 0 Å². The van der Waals surface area contributed by atoms with Crippen LogP contribution in [-0.4, -0.2) is 16.5 Å². The number of rotatable bonds is 6. The number of nitrogens with zero attached hydrogens (tertiary/aromatic N) is 2. The van der Waals surface area contributed by atoms with Crippen molar-refractivity contribution in [3.05, 3.63) is 18.1 Å². The van der Waals surface area contributed by atoms with Gasteiger partial charge in [-0.25, -0.2) is 9.97 Å². The van der Waals surface area contributed by atoms with Crippen LogP contribution in [0.15, 0.2) is 12.4 Å². The standard InChI is InChI=1S/C15H23N3/c1-10(2)14-7-15(18-9-17-14)16-8-13(11-3-4-11)12-5-6-12/h7,9-13H,3-6,8H2,1-2H3,(H,16,17,18). The van der Waals surface area contributed by atoms with Crippen LogP contribution in [0.5, 0.6) is 0 Å². The molecule has 0 saturated heterocycles. The van der Waals surface area contributed by atoms with Crippen molar-refractivity contribution in [3.8, 4) is 0 Å². The highest BCUT2D eigenvalue weighted by Crippen LogP contribution is 2.49. The third-order valence-corrected chi connectivity index (χ3v) is 4.25. The Balaban J connectivity index is 1.59. The van der Waals surface area contributed by atoms with Crippen molar-refractivity contribution < 1.29 is 0 Å². The molecule has 2 aliphatic rings. The minimum atomic E-state index is 0.469. The molecule has 1 heterocycles. The van der Waals surface area contributed by atoms with Crippen molar-refractivity contribution in [2.45, 2.75) is 45.4 Å². The predicted molar refractivity (Wildman–Crippen MR) is 73.5 cm³/mol. The largest absolute Gasteiger partial charge is 0.370 e. The van der Waals surface area contributed by atoms with Crippen molar-refractivity contribution in [2.24, 2.45) is 17.8 Å². The van der Waals surface area contributed by atoms with E-state index in [1.165, 1.54) is 25.7 Å². The monoisotopic (exact) mass is 245 g/mol. The lowest BCUT2D eigenvalue weighted by Crippen LogP contribution is -2.19. The van der Waals surface area contributed by atoms with Crippen LogP contribution in [-0.2, 0) is 0 Å². The third-order valence-electron chi connectivity index (χ3n) is 4.25. The lowest BCUT2D eigenvalue weighted by Gasteiger charge is -2.17. The first kappa shape index (κ1) is 11.9. The summed E-state index contributed by atoms with van der Waals surface area (Å²) in [5, 5.41) is 3.53. The number of hydrogen-bond donors (Lipinski definition) is 1.